The lowest BCUT2D eigenvalue weighted by Crippen LogP contribution is -2.52. The van der Waals surface area contributed by atoms with Crippen LogP contribution in [0.3, 0.4) is 0 Å². The van der Waals surface area contributed by atoms with E-state index in [1.165, 1.54) is 12.1 Å². The van der Waals surface area contributed by atoms with E-state index < -0.39 is 0 Å². The van der Waals surface area contributed by atoms with E-state index in [9.17, 15) is 18.8 Å². The predicted octanol–water partition coefficient (Wildman–Crippen LogP) is 2.27. The van der Waals surface area contributed by atoms with Gasteiger partial charge in [-0.25, -0.2) is 4.39 Å². The molecule has 3 rings (SSSR count). The third-order valence-corrected chi connectivity index (χ3v) is 5.46. The molecule has 0 atom stereocenters. The quantitative estimate of drug-likeness (QED) is 0.606. The van der Waals surface area contributed by atoms with Crippen LogP contribution in [0, 0.1) is 5.82 Å². The SMILES string of the molecule is CCOc1ccc(C(=O)NCC(=O)N2CCN(C(=O)Cc3ccc(F)cc3)CC2)cc1OCC. The Kier molecular flexibility index (Phi) is 8.84. The second kappa shape index (κ2) is 12.0. The van der Waals surface area contributed by atoms with Crippen LogP contribution in [0.25, 0.3) is 0 Å². The Morgan fingerprint density at radius 2 is 1.44 bits per heavy atom. The van der Waals surface area contributed by atoms with Crippen molar-refractivity contribution in [3.63, 3.8) is 0 Å². The summed E-state index contributed by atoms with van der Waals surface area (Å²) in [6, 6.07) is 10.7. The lowest BCUT2D eigenvalue weighted by atomic mass is 10.1. The molecule has 1 aliphatic heterocycles. The van der Waals surface area contributed by atoms with E-state index in [1.54, 1.807) is 40.1 Å². The standard InChI is InChI=1S/C25H30FN3O5/c1-3-33-21-10-7-19(16-22(21)34-4-2)25(32)27-17-24(31)29-13-11-28(12-14-29)23(30)15-18-5-8-20(26)9-6-18/h5-10,16H,3-4,11-15,17H2,1-2H3,(H,27,32). The molecule has 0 bridgehead atoms. The number of halogens is 1. The molecule has 0 radical (unpaired) electrons. The van der Waals surface area contributed by atoms with E-state index >= 15 is 0 Å². The maximum absolute atomic E-state index is 13.0. The maximum Gasteiger partial charge on any atom is 0.251 e. The number of rotatable bonds is 9. The van der Waals surface area contributed by atoms with Crippen molar-refractivity contribution in [1.82, 2.24) is 15.1 Å². The number of nitrogens with zero attached hydrogens (tertiary/aromatic N) is 2. The third kappa shape index (κ3) is 6.69. The lowest BCUT2D eigenvalue weighted by molar-refractivity contribution is -0.138. The third-order valence-electron chi connectivity index (χ3n) is 5.46. The van der Waals surface area contributed by atoms with Gasteiger partial charge < -0.3 is 24.6 Å². The highest BCUT2D eigenvalue weighted by Crippen LogP contribution is 2.28. The second-order valence-electron chi connectivity index (χ2n) is 7.78. The average molecular weight is 472 g/mol. The number of carbonyl (C=O) groups is 3. The normalized spacial score (nSPS) is 13.4. The Hall–Kier alpha value is -3.62. The summed E-state index contributed by atoms with van der Waals surface area (Å²) in [7, 11) is 0. The molecule has 0 aliphatic carbocycles. The largest absolute Gasteiger partial charge is 0.490 e. The summed E-state index contributed by atoms with van der Waals surface area (Å²) in [6.07, 6.45) is 0.191. The molecule has 9 heteroatoms. The van der Waals surface area contributed by atoms with Gasteiger partial charge in [0, 0.05) is 31.7 Å². The van der Waals surface area contributed by atoms with Crippen LogP contribution in [0.5, 0.6) is 11.5 Å². The minimum Gasteiger partial charge on any atom is -0.490 e. The minimum atomic E-state index is -0.384. The highest BCUT2D eigenvalue weighted by Gasteiger charge is 2.24. The predicted molar refractivity (Wildman–Crippen MR) is 124 cm³/mol. The van der Waals surface area contributed by atoms with Gasteiger partial charge in [0.15, 0.2) is 11.5 Å². The van der Waals surface area contributed by atoms with Crippen molar-refractivity contribution in [3.8, 4) is 11.5 Å². The van der Waals surface area contributed by atoms with Crippen LogP contribution in [0.15, 0.2) is 42.5 Å². The first-order valence-electron chi connectivity index (χ1n) is 11.4. The molecule has 0 unspecified atom stereocenters. The van der Waals surface area contributed by atoms with Crippen molar-refractivity contribution in [1.29, 1.82) is 0 Å². The summed E-state index contributed by atoms with van der Waals surface area (Å²) < 4.78 is 24.1. The van der Waals surface area contributed by atoms with Gasteiger partial charge in [0.05, 0.1) is 26.2 Å². The summed E-state index contributed by atoms with van der Waals surface area (Å²) in [5, 5.41) is 2.65. The molecule has 1 saturated heterocycles. The van der Waals surface area contributed by atoms with Crippen LogP contribution in [-0.2, 0) is 16.0 Å². The summed E-state index contributed by atoms with van der Waals surface area (Å²) in [4.78, 5) is 40.9. The first kappa shape index (κ1) is 25.0. The zero-order valence-electron chi connectivity index (χ0n) is 19.5. The molecule has 3 amide bonds. The monoisotopic (exact) mass is 471 g/mol. The molecule has 182 valence electrons. The summed E-state index contributed by atoms with van der Waals surface area (Å²) in [5.74, 6) is 0.0364. The molecule has 8 nitrogen and oxygen atoms in total. The average Bonchev–Trinajstić information content (AvgIpc) is 2.85. The molecule has 0 aromatic heterocycles. The minimum absolute atomic E-state index is 0.0624. The van der Waals surface area contributed by atoms with Gasteiger partial charge in [0.1, 0.15) is 5.82 Å². The molecule has 1 N–H and O–H groups in total. The van der Waals surface area contributed by atoms with Crippen LogP contribution in [0.1, 0.15) is 29.8 Å². The van der Waals surface area contributed by atoms with Crippen LogP contribution in [0.2, 0.25) is 0 Å². The number of nitrogens with one attached hydrogen (secondary N) is 1. The smallest absolute Gasteiger partial charge is 0.251 e. The number of hydrogen-bond acceptors (Lipinski definition) is 5. The topological polar surface area (TPSA) is 88.2 Å². The fraction of sp³-hybridized carbons (Fsp3) is 0.400. The van der Waals surface area contributed by atoms with Crippen molar-refractivity contribution in [2.75, 3.05) is 45.9 Å². The van der Waals surface area contributed by atoms with Gasteiger partial charge in [0.2, 0.25) is 11.8 Å². The molecular weight excluding hydrogens is 441 g/mol. The Bertz CT molecular complexity index is 1000. The van der Waals surface area contributed by atoms with E-state index in [0.717, 1.165) is 5.56 Å². The van der Waals surface area contributed by atoms with E-state index in [4.69, 9.17) is 9.47 Å². The van der Waals surface area contributed by atoms with Crippen LogP contribution in [0.4, 0.5) is 4.39 Å². The molecule has 1 fully saturated rings. The molecule has 34 heavy (non-hydrogen) atoms. The molecule has 0 spiro atoms. The van der Waals surface area contributed by atoms with Crippen molar-refractivity contribution in [2.24, 2.45) is 0 Å². The molecule has 1 aliphatic rings. The first-order chi connectivity index (χ1) is 16.4. The van der Waals surface area contributed by atoms with Gasteiger partial charge >= 0.3 is 0 Å². The number of ether oxygens (including phenoxy) is 2. The molecule has 2 aromatic rings. The summed E-state index contributed by atoms with van der Waals surface area (Å²) >= 11 is 0. The number of piperazine rings is 1. The Morgan fingerprint density at radius 3 is 2.06 bits per heavy atom. The zero-order valence-corrected chi connectivity index (χ0v) is 19.5. The molecule has 1 heterocycles. The van der Waals surface area contributed by atoms with Crippen LogP contribution < -0.4 is 14.8 Å². The van der Waals surface area contributed by atoms with Gasteiger partial charge in [-0.1, -0.05) is 12.1 Å². The van der Waals surface area contributed by atoms with Gasteiger partial charge in [-0.15, -0.1) is 0 Å². The number of carbonyl (C=O) groups excluding carboxylic acids is 3. The molecule has 2 aromatic carbocycles. The van der Waals surface area contributed by atoms with E-state index in [2.05, 4.69) is 5.32 Å². The Morgan fingerprint density at radius 1 is 0.853 bits per heavy atom. The zero-order chi connectivity index (χ0) is 24.5. The van der Waals surface area contributed by atoms with Gasteiger partial charge in [-0.3, -0.25) is 14.4 Å². The second-order valence-corrected chi connectivity index (χ2v) is 7.78. The van der Waals surface area contributed by atoms with Crippen molar-refractivity contribution < 1.29 is 28.2 Å². The highest BCUT2D eigenvalue weighted by atomic mass is 19.1. The Balaban J connectivity index is 1.46. The van der Waals surface area contributed by atoms with Crippen LogP contribution in [-0.4, -0.2) is 73.5 Å². The first-order valence-corrected chi connectivity index (χ1v) is 11.4. The summed E-state index contributed by atoms with van der Waals surface area (Å²) in [5.41, 5.74) is 1.12. The van der Waals surface area contributed by atoms with Crippen molar-refractivity contribution in [2.45, 2.75) is 20.3 Å². The van der Waals surface area contributed by atoms with E-state index in [1.807, 2.05) is 13.8 Å². The number of amides is 3. The van der Waals surface area contributed by atoms with E-state index in [0.29, 0.717) is 56.5 Å². The van der Waals surface area contributed by atoms with Crippen molar-refractivity contribution in [3.05, 3.63) is 59.4 Å². The van der Waals surface area contributed by atoms with Gasteiger partial charge in [-0.2, -0.15) is 0 Å². The number of hydrogen-bond donors (Lipinski definition) is 1. The lowest BCUT2D eigenvalue weighted by Gasteiger charge is -2.35. The Labute approximate surface area is 198 Å². The molecular formula is C25H30FN3O5. The van der Waals surface area contributed by atoms with Crippen LogP contribution >= 0.6 is 0 Å². The number of benzene rings is 2. The summed E-state index contributed by atoms with van der Waals surface area (Å²) in [6.45, 7) is 6.09. The fourth-order valence-electron chi connectivity index (χ4n) is 3.66. The maximum atomic E-state index is 13.0. The van der Waals surface area contributed by atoms with E-state index in [-0.39, 0.29) is 36.5 Å². The van der Waals surface area contributed by atoms with Gasteiger partial charge in [0.25, 0.3) is 5.91 Å². The highest BCUT2D eigenvalue weighted by molar-refractivity contribution is 5.97. The van der Waals surface area contributed by atoms with Gasteiger partial charge in [-0.05, 0) is 49.7 Å². The molecule has 0 saturated carbocycles. The fourth-order valence-corrected chi connectivity index (χ4v) is 3.66. The van der Waals surface area contributed by atoms with Crippen molar-refractivity contribution >= 4 is 17.7 Å².